The number of nitrogens with one attached hydrogen (secondary N) is 1. The number of urea groups is 1. The van der Waals surface area contributed by atoms with E-state index in [4.69, 9.17) is 4.74 Å². The van der Waals surface area contributed by atoms with Crippen LogP contribution in [0.15, 0.2) is 48.5 Å². The quantitative estimate of drug-likeness (QED) is 0.696. The van der Waals surface area contributed by atoms with Crippen LogP contribution in [0.2, 0.25) is 0 Å². The zero-order chi connectivity index (χ0) is 23.2. The number of carbonyl (C=O) groups is 2. The molecule has 1 unspecified atom stereocenters. The first kappa shape index (κ1) is 23.4. The molecule has 0 radical (unpaired) electrons. The smallest absolute Gasteiger partial charge is 0.325 e. The largest absolute Gasteiger partial charge is 0.492 e. The van der Waals surface area contributed by atoms with Gasteiger partial charge in [-0.05, 0) is 24.3 Å². The van der Waals surface area contributed by atoms with Gasteiger partial charge in [0.15, 0.2) is 0 Å². The maximum Gasteiger partial charge on any atom is 0.325 e. The highest BCUT2D eigenvalue weighted by Crippen LogP contribution is 2.41. The fourth-order valence-electron chi connectivity index (χ4n) is 4.16. The van der Waals surface area contributed by atoms with Gasteiger partial charge in [-0.1, -0.05) is 24.3 Å². The van der Waals surface area contributed by atoms with Crippen LogP contribution in [0, 0.1) is 5.82 Å². The van der Waals surface area contributed by atoms with E-state index in [0.717, 1.165) is 55.5 Å². The molecule has 3 amide bonds. The van der Waals surface area contributed by atoms with Gasteiger partial charge >= 0.3 is 6.03 Å². The SMILES string of the molecule is CC(=O)NC(=O)N1CCSC1c1ccccc1OCCN1CCN(c2cccc(F)c2)CC1. The minimum Gasteiger partial charge on any atom is -0.492 e. The van der Waals surface area contributed by atoms with E-state index >= 15 is 0 Å². The van der Waals surface area contributed by atoms with Crippen LogP contribution >= 0.6 is 11.8 Å². The first-order valence-electron chi connectivity index (χ1n) is 11.2. The van der Waals surface area contributed by atoms with E-state index < -0.39 is 0 Å². The van der Waals surface area contributed by atoms with E-state index in [2.05, 4.69) is 15.1 Å². The standard InChI is InChI=1S/C24H29FN4O3S/c1-18(30)26-24(31)29-14-16-33-23(29)21-7-2-3-8-22(21)32-15-13-27-9-11-28(12-10-27)20-6-4-5-19(25)17-20/h2-8,17,23H,9-16H2,1H3,(H,26,30,31). The van der Waals surface area contributed by atoms with Crippen molar-refractivity contribution in [3.05, 3.63) is 59.9 Å². The highest BCUT2D eigenvalue weighted by atomic mass is 32.2. The van der Waals surface area contributed by atoms with Crippen molar-refractivity contribution in [2.45, 2.75) is 12.3 Å². The van der Waals surface area contributed by atoms with Gasteiger partial charge in [0.05, 0.1) is 0 Å². The number of halogens is 1. The van der Waals surface area contributed by atoms with Crippen molar-refractivity contribution >= 4 is 29.4 Å². The average molecular weight is 473 g/mol. The van der Waals surface area contributed by atoms with Crippen LogP contribution in [-0.4, -0.2) is 73.4 Å². The van der Waals surface area contributed by atoms with Gasteiger partial charge in [-0.25, -0.2) is 9.18 Å². The Morgan fingerprint density at radius 2 is 1.88 bits per heavy atom. The summed E-state index contributed by atoms with van der Waals surface area (Å²) in [5.74, 6) is 0.994. The maximum absolute atomic E-state index is 13.5. The predicted molar refractivity (Wildman–Crippen MR) is 128 cm³/mol. The van der Waals surface area contributed by atoms with Gasteiger partial charge in [-0.2, -0.15) is 0 Å². The van der Waals surface area contributed by atoms with Gasteiger partial charge in [-0.15, -0.1) is 11.8 Å². The summed E-state index contributed by atoms with van der Waals surface area (Å²) in [6.45, 7) is 6.71. The maximum atomic E-state index is 13.5. The lowest BCUT2D eigenvalue weighted by atomic mass is 10.2. The molecule has 9 heteroatoms. The molecule has 0 saturated carbocycles. The third-order valence-corrected chi connectivity index (χ3v) is 7.07. The highest BCUT2D eigenvalue weighted by Gasteiger charge is 2.33. The number of ether oxygens (including phenoxy) is 1. The number of rotatable bonds is 6. The summed E-state index contributed by atoms with van der Waals surface area (Å²) < 4.78 is 19.6. The highest BCUT2D eigenvalue weighted by molar-refractivity contribution is 7.99. The number of hydrogen-bond donors (Lipinski definition) is 1. The molecular weight excluding hydrogens is 443 g/mol. The van der Waals surface area contributed by atoms with E-state index in [0.29, 0.717) is 13.2 Å². The third kappa shape index (κ3) is 5.97. The first-order valence-corrected chi connectivity index (χ1v) is 12.2. The van der Waals surface area contributed by atoms with Crippen LogP contribution < -0.4 is 15.0 Å². The Hall–Kier alpha value is -2.78. The van der Waals surface area contributed by atoms with E-state index in [1.54, 1.807) is 28.8 Å². The topological polar surface area (TPSA) is 65.1 Å². The van der Waals surface area contributed by atoms with Crippen molar-refractivity contribution in [1.29, 1.82) is 0 Å². The molecule has 2 saturated heterocycles. The van der Waals surface area contributed by atoms with E-state index in [1.165, 1.54) is 13.0 Å². The fraction of sp³-hybridized carbons (Fsp3) is 0.417. The predicted octanol–water partition coefficient (Wildman–Crippen LogP) is 3.33. The third-order valence-electron chi connectivity index (χ3n) is 5.83. The van der Waals surface area contributed by atoms with Gasteiger partial charge < -0.3 is 14.5 Å². The molecule has 2 heterocycles. The van der Waals surface area contributed by atoms with E-state index in [1.807, 2.05) is 30.3 Å². The molecular formula is C24H29FN4O3S. The van der Waals surface area contributed by atoms with Crippen molar-refractivity contribution < 1.29 is 18.7 Å². The molecule has 4 rings (SSSR count). The van der Waals surface area contributed by atoms with Crippen LogP contribution in [0.3, 0.4) is 0 Å². The lowest BCUT2D eigenvalue weighted by Crippen LogP contribution is -2.47. The average Bonchev–Trinajstić information content (AvgIpc) is 3.29. The first-order chi connectivity index (χ1) is 16.0. The Kier molecular flexibility index (Phi) is 7.72. The Morgan fingerprint density at radius 3 is 2.64 bits per heavy atom. The van der Waals surface area contributed by atoms with Crippen molar-refractivity contribution in [2.24, 2.45) is 0 Å². The fourth-order valence-corrected chi connectivity index (χ4v) is 5.44. The lowest BCUT2D eigenvalue weighted by molar-refractivity contribution is -0.118. The number of nitrogens with zero attached hydrogens (tertiary/aromatic N) is 3. The molecule has 1 atom stereocenters. The second-order valence-corrected chi connectivity index (χ2v) is 9.29. The second-order valence-electron chi connectivity index (χ2n) is 8.10. The summed E-state index contributed by atoms with van der Waals surface area (Å²) in [6, 6.07) is 14.1. The summed E-state index contributed by atoms with van der Waals surface area (Å²) in [5, 5.41) is 2.19. The molecule has 2 aliphatic rings. The summed E-state index contributed by atoms with van der Waals surface area (Å²) >= 11 is 1.66. The Morgan fingerprint density at radius 1 is 1.09 bits per heavy atom. The number of thioether (sulfide) groups is 1. The molecule has 2 aromatic carbocycles. The minimum atomic E-state index is -0.372. The van der Waals surface area contributed by atoms with E-state index in [9.17, 15) is 14.0 Å². The van der Waals surface area contributed by atoms with Gasteiger partial charge in [0.2, 0.25) is 5.91 Å². The molecule has 0 aliphatic carbocycles. The molecule has 2 aliphatic heterocycles. The molecule has 0 bridgehead atoms. The summed E-state index contributed by atoms with van der Waals surface area (Å²) in [4.78, 5) is 30.0. The minimum absolute atomic E-state index is 0.185. The Bertz CT molecular complexity index is 984. The lowest BCUT2D eigenvalue weighted by Gasteiger charge is -2.36. The molecule has 1 N–H and O–H groups in total. The zero-order valence-electron chi connectivity index (χ0n) is 18.7. The van der Waals surface area contributed by atoms with Gasteiger partial charge in [0.1, 0.15) is 23.5 Å². The van der Waals surface area contributed by atoms with Crippen LogP contribution in [0.4, 0.5) is 14.9 Å². The monoisotopic (exact) mass is 472 g/mol. The molecule has 0 spiro atoms. The number of anilines is 1. The van der Waals surface area contributed by atoms with Crippen molar-refractivity contribution in [3.63, 3.8) is 0 Å². The number of benzene rings is 2. The Balaban J connectivity index is 1.30. The van der Waals surface area contributed by atoms with Gasteiger partial charge in [0, 0.05) is 63.2 Å². The Labute approximate surface area is 197 Å². The summed E-state index contributed by atoms with van der Waals surface area (Å²) in [5.41, 5.74) is 1.86. The van der Waals surface area contributed by atoms with E-state index in [-0.39, 0.29) is 23.1 Å². The molecule has 33 heavy (non-hydrogen) atoms. The van der Waals surface area contributed by atoms with Crippen LogP contribution in [0.1, 0.15) is 17.9 Å². The summed E-state index contributed by atoms with van der Waals surface area (Å²) in [6.07, 6.45) is 0. The number of amides is 3. The molecule has 2 fully saturated rings. The number of carbonyl (C=O) groups excluding carboxylic acids is 2. The molecule has 0 aromatic heterocycles. The molecule has 2 aromatic rings. The van der Waals surface area contributed by atoms with Crippen molar-refractivity contribution in [2.75, 3.05) is 56.5 Å². The summed E-state index contributed by atoms with van der Waals surface area (Å²) in [7, 11) is 0. The van der Waals surface area contributed by atoms with Crippen LogP contribution in [-0.2, 0) is 4.79 Å². The van der Waals surface area contributed by atoms with Crippen LogP contribution in [0.25, 0.3) is 0 Å². The normalized spacial score (nSPS) is 18.9. The molecule has 176 valence electrons. The van der Waals surface area contributed by atoms with Gasteiger partial charge in [-0.3, -0.25) is 15.0 Å². The second kappa shape index (κ2) is 10.9. The van der Waals surface area contributed by atoms with Gasteiger partial charge in [0.25, 0.3) is 0 Å². The van der Waals surface area contributed by atoms with Crippen LogP contribution in [0.5, 0.6) is 5.75 Å². The number of piperazine rings is 1. The number of imide groups is 1. The number of para-hydroxylation sites is 1. The zero-order valence-corrected chi connectivity index (χ0v) is 19.5. The molecule has 7 nitrogen and oxygen atoms in total. The van der Waals surface area contributed by atoms with Crippen molar-refractivity contribution in [1.82, 2.24) is 15.1 Å². The van der Waals surface area contributed by atoms with Crippen molar-refractivity contribution in [3.8, 4) is 5.75 Å². The number of hydrogen-bond acceptors (Lipinski definition) is 6.